The maximum atomic E-state index is 15.0. The van der Waals surface area contributed by atoms with Crippen LogP contribution in [0.4, 0.5) is 22.0 Å². The van der Waals surface area contributed by atoms with Crippen molar-refractivity contribution in [2.75, 3.05) is 0 Å². The van der Waals surface area contributed by atoms with Crippen LogP contribution in [0.3, 0.4) is 0 Å². The zero-order chi connectivity index (χ0) is 26.3. The molecule has 3 nitrogen and oxygen atoms in total. The Bertz CT molecular complexity index is 1180. The molecule has 0 aromatic heterocycles. The first kappa shape index (κ1) is 25.3. The van der Waals surface area contributed by atoms with Gasteiger partial charge in [-0.3, -0.25) is 9.59 Å². The number of alkyl halides is 5. The Kier molecular flexibility index (Phi) is 5.67. The SMILES string of the molecule is CC(=O)c1ccc([C@H]2C[C@@]3(C)[C@@H](CC[C@]3(O)C(F)(F)C(F)(F)F)[C@@H]3CCC4=CC(=O)CCC4=C32)cc1. The van der Waals surface area contributed by atoms with Gasteiger partial charge in [-0.05, 0) is 80.1 Å². The van der Waals surface area contributed by atoms with E-state index in [0.717, 1.165) is 22.3 Å². The van der Waals surface area contributed by atoms with Crippen molar-refractivity contribution in [2.24, 2.45) is 17.3 Å². The van der Waals surface area contributed by atoms with Crippen LogP contribution in [0.1, 0.15) is 80.6 Å². The van der Waals surface area contributed by atoms with Gasteiger partial charge in [0.05, 0.1) is 0 Å². The summed E-state index contributed by atoms with van der Waals surface area (Å²) in [4.78, 5) is 23.9. The highest BCUT2D eigenvalue weighted by molar-refractivity contribution is 5.94. The third-order valence-electron chi connectivity index (χ3n) is 9.48. The van der Waals surface area contributed by atoms with Gasteiger partial charge in [-0.15, -0.1) is 0 Å². The van der Waals surface area contributed by atoms with Gasteiger partial charge in [-0.1, -0.05) is 36.8 Å². The molecule has 5 atom stereocenters. The molecule has 2 fully saturated rings. The summed E-state index contributed by atoms with van der Waals surface area (Å²) in [6.45, 7) is 2.83. The summed E-state index contributed by atoms with van der Waals surface area (Å²) >= 11 is 0. The summed E-state index contributed by atoms with van der Waals surface area (Å²) in [7, 11) is 0. The van der Waals surface area contributed by atoms with Crippen LogP contribution in [0.2, 0.25) is 0 Å². The Morgan fingerprint density at radius 2 is 1.69 bits per heavy atom. The van der Waals surface area contributed by atoms with Crippen molar-refractivity contribution in [1.29, 1.82) is 0 Å². The lowest BCUT2D eigenvalue weighted by molar-refractivity contribution is -0.362. The molecule has 5 rings (SSSR count). The summed E-state index contributed by atoms with van der Waals surface area (Å²) in [6.07, 6.45) is -2.90. The maximum absolute atomic E-state index is 15.0. The van der Waals surface area contributed by atoms with Crippen molar-refractivity contribution in [3.8, 4) is 0 Å². The molecule has 2 saturated carbocycles. The first-order chi connectivity index (χ1) is 16.7. The molecular formula is C28H29F5O3. The van der Waals surface area contributed by atoms with E-state index >= 15 is 0 Å². The van der Waals surface area contributed by atoms with Crippen molar-refractivity contribution in [1.82, 2.24) is 0 Å². The van der Waals surface area contributed by atoms with E-state index in [1.807, 2.05) is 0 Å². The lowest BCUT2D eigenvalue weighted by atomic mass is 9.50. The molecule has 0 radical (unpaired) electrons. The lowest BCUT2D eigenvalue weighted by Crippen LogP contribution is -2.65. The van der Waals surface area contributed by atoms with E-state index in [2.05, 4.69) is 0 Å². The standard InChI is InChI=1S/C28H29F5O3/c1-15(34)16-3-5-17(6-4-16)22-14-25(2)23(11-12-26(25,36)27(29,30)28(31,32)33)21-9-7-18-13-19(35)8-10-20(18)24(21)22/h3-6,13,21-23,36H,7-12,14H2,1-2H3/t21-,22+,23-,25-,26+/m0/s1. The molecule has 4 aliphatic rings. The Morgan fingerprint density at radius 1 is 1.03 bits per heavy atom. The Balaban J connectivity index is 1.69. The zero-order valence-electron chi connectivity index (χ0n) is 20.2. The van der Waals surface area contributed by atoms with Gasteiger partial charge < -0.3 is 5.11 Å². The molecule has 0 unspecified atom stereocenters. The number of carbonyl (C=O) groups is 2. The van der Waals surface area contributed by atoms with Crippen LogP contribution in [0, 0.1) is 17.3 Å². The number of hydrogen-bond acceptors (Lipinski definition) is 3. The van der Waals surface area contributed by atoms with E-state index in [-0.39, 0.29) is 30.3 Å². The minimum absolute atomic E-state index is 0.0378. The van der Waals surface area contributed by atoms with E-state index < -0.39 is 41.4 Å². The minimum Gasteiger partial charge on any atom is -0.383 e. The van der Waals surface area contributed by atoms with Crippen LogP contribution in [0.25, 0.3) is 0 Å². The summed E-state index contributed by atoms with van der Waals surface area (Å²) in [6, 6.07) is 6.75. The van der Waals surface area contributed by atoms with Crippen molar-refractivity contribution in [2.45, 2.75) is 82.4 Å². The number of halogens is 5. The number of rotatable bonds is 3. The average molecular weight is 509 g/mol. The normalized spacial score (nSPS) is 34.6. The molecule has 0 amide bonds. The highest BCUT2D eigenvalue weighted by Crippen LogP contribution is 2.70. The average Bonchev–Trinajstić information content (AvgIpc) is 3.09. The van der Waals surface area contributed by atoms with Gasteiger partial charge >= 0.3 is 12.1 Å². The number of benzene rings is 1. The monoisotopic (exact) mass is 508 g/mol. The van der Waals surface area contributed by atoms with E-state index in [9.17, 15) is 36.6 Å². The van der Waals surface area contributed by atoms with Gasteiger partial charge in [0.2, 0.25) is 0 Å². The largest absolute Gasteiger partial charge is 0.456 e. The highest BCUT2D eigenvalue weighted by atomic mass is 19.4. The van der Waals surface area contributed by atoms with Crippen molar-refractivity contribution >= 4 is 11.6 Å². The summed E-state index contributed by atoms with van der Waals surface area (Å²) < 4.78 is 70.7. The Morgan fingerprint density at radius 3 is 2.31 bits per heavy atom. The number of Topliss-reactive ketones (excluding diaryl/α,β-unsaturated/α-hetero) is 1. The molecule has 0 spiro atoms. The lowest BCUT2D eigenvalue weighted by Gasteiger charge is -2.56. The molecule has 0 bridgehead atoms. The fourth-order valence-corrected chi connectivity index (χ4v) is 7.66. The molecule has 1 aromatic rings. The fourth-order valence-electron chi connectivity index (χ4n) is 7.66. The summed E-state index contributed by atoms with van der Waals surface area (Å²) in [5.41, 5.74) is -0.758. The van der Waals surface area contributed by atoms with Crippen molar-refractivity contribution in [3.05, 3.63) is 58.2 Å². The van der Waals surface area contributed by atoms with Crippen LogP contribution >= 0.6 is 0 Å². The van der Waals surface area contributed by atoms with Gasteiger partial charge in [-0.2, -0.15) is 22.0 Å². The van der Waals surface area contributed by atoms with Crippen LogP contribution in [0.5, 0.6) is 0 Å². The van der Waals surface area contributed by atoms with Crippen LogP contribution in [0.15, 0.2) is 47.1 Å². The zero-order valence-corrected chi connectivity index (χ0v) is 20.2. The summed E-state index contributed by atoms with van der Waals surface area (Å²) in [5.74, 6) is -6.66. The van der Waals surface area contributed by atoms with E-state index in [1.165, 1.54) is 13.8 Å². The van der Waals surface area contributed by atoms with Crippen molar-refractivity contribution in [3.63, 3.8) is 0 Å². The Labute approximate surface area is 206 Å². The van der Waals surface area contributed by atoms with Gasteiger partial charge in [0.15, 0.2) is 11.6 Å². The van der Waals surface area contributed by atoms with Gasteiger partial charge in [0, 0.05) is 23.3 Å². The second-order valence-electron chi connectivity index (χ2n) is 11.1. The highest BCUT2D eigenvalue weighted by Gasteiger charge is 2.79. The van der Waals surface area contributed by atoms with Gasteiger partial charge in [0.25, 0.3) is 0 Å². The maximum Gasteiger partial charge on any atom is 0.456 e. The van der Waals surface area contributed by atoms with Gasteiger partial charge in [0.1, 0.15) is 5.60 Å². The predicted octanol–water partition coefficient (Wildman–Crippen LogP) is 6.72. The van der Waals surface area contributed by atoms with E-state index in [0.29, 0.717) is 31.2 Å². The predicted molar refractivity (Wildman–Crippen MR) is 123 cm³/mol. The molecule has 8 heteroatoms. The molecule has 4 aliphatic carbocycles. The second kappa shape index (κ2) is 8.07. The third-order valence-corrected chi connectivity index (χ3v) is 9.48. The smallest absolute Gasteiger partial charge is 0.383 e. The van der Waals surface area contributed by atoms with E-state index in [1.54, 1.807) is 30.3 Å². The minimum atomic E-state index is -5.87. The van der Waals surface area contributed by atoms with Crippen LogP contribution in [-0.4, -0.2) is 34.4 Å². The van der Waals surface area contributed by atoms with Gasteiger partial charge in [-0.25, -0.2) is 0 Å². The number of ketones is 2. The number of aliphatic hydroxyl groups is 1. The number of hydrogen-bond donors (Lipinski definition) is 1. The third kappa shape index (κ3) is 3.39. The number of fused-ring (bicyclic) bond motifs is 4. The second-order valence-corrected chi connectivity index (χ2v) is 11.1. The molecule has 1 N–H and O–H groups in total. The molecular weight excluding hydrogens is 479 g/mol. The van der Waals surface area contributed by atoms with Crippen LogP contribution in [-0.2, 0) is 4.79 Å². The first-order valence-corrected chi connectivity index (χ1v) is 12.5. The van der Waals surface area contributed by atoms with Crippen LogP contribution < -0.4 is 0 Å². The topological polar surface area (TPSA) is 54.4 Å². The first-order valence-electron chi connectivity index (χ1n) is 12.5. The molecule has 0 heterocycles. The molecule has 0 saturated heterocycles. The molecule has 194 valence electrons. The number of carbonyl (C=O) groups excluding carboxylic acids is 2. The quantitative estimate of drug-likeness (QED) is 0.364. The molecule has 36 heavy (non-hydrogen) atoms. The molecule has 0 aliphatic heterocycles. The number of allylic oxidation sites excluding steroid dienone is 4. The summed E-state index contributed by atoms with van der Waals surface area (Å²) in [5, 5.41) is 11.3. The van der Waals surface area contributed by atoms with E-state index in [4.69, 9.17) is 0 Å². The molecule has 1 aromatic carbocycles. The Hall–Kier alpha value is -2.35. The van der Waals surface area contributed by atoms with Crippen molar-refractivity contribution < 1.29 is 36.6 Å². The fraction of sp³-hybridized carbons (Fsp3) is 0.571.